The van der Waals surface area contributed by atoms with Crippen LogP contribution < -0.4 is 5.32 Å². The van der Waals surface area contributed by atoms with Crippen molar-refractivity contribution < 1.29 is 14.3 Å². The van der Waals surface area contributed by atoms with E-state index in [-0.39, 0.29) is 12.3 Å². The summed E-state index contributed by atoms with van der Waals surface area (Å²) in [6.07, 6.45) is -0.726. The van der Waals surface area contributed by atoms with Gasteiger partial charge in [-0.3, -0.25) is 9.59 Å². The van der Waals surface area contributed by atoms with Crippen LogP contribution >= 0.6 is 15.9 Å². The van der Waals surface area contributed by atoms with Crippen LogP contribution in [0.4, 0.5) is 5.69 Å². The van der Waals surface area contributed by atoms with Gasteiger partial charge in [-0.1, -0.05) is 45.8 Å². The fourth-order valence-corrected chi connectivity index (χ4v) is 2.93. The van der Waals surface area contributed by atoms with E-state index in [1.807, 2.05) is 57.2 Å². The minimum atomic E-state index is -0.858. The van der Waals surface area contributed by atoms with E-state index in [0.717, 1.165) is 32.4 Å². The normalized spacial score (nSPS) is 11.7. The Morgan fingerprint density at radius 1 is 1.08 bits per heavy atom. The third kappa shape index (κ3) is 5.43. The lowest BCUT2D eigenvalue weighted by molar-refractivity contribution is -0.152. The van der Waals surface area contributed by atoms with E-state index in [0.29, 0.717) is 0 Å². The Balaban J connectivity index is 1.96. The highest BCUT2D eigenvalue weighted by molar-refractivity contribution is 9.10. The largest absolute Gasteiger partial charge is 0.452 e. The number of esters is 1. The number of benzene rings is 2. The number of anilines is 1. The highest BCUT2D eigenvalue weighted by atomic mass is 79.9. The number of carbonyl (C=O) groups excluding carboxylic acids is 2. The summed E-state index contributed by atoms with van der Waals surface area (Å²) >= 11 is 3.35. The van der Waals surface area contributed by atoms with Crippen LogP contribution in [0.2, 0.25) is 0 Å². The van der Waals surface area contributed by atoms with Crippen molar-refractivity contribution in [3.05, 3.63) is 63.1 Å². The van der Waals surface area contributed by atoms with Crippen molar-refractivity contribution in [2.45, 2.75) is 40.2 Å². The van der Waals surface area contributed by atoms with Crippen LogP contribution in [-0.4, -0.2) is 18.0 Å². The summed E-state index contributed by atoms with van der Waals surface area (Å²) in [6, 6.07) is 11.4. The second kappa shape index (κ2) is 8.30. The van der Waals surface area contributed by atoms with E-state index < -0.39 is 12.1 Å². The van der Waals surface area contributed by atoms with Crippen molar-refractivity contribution in [1.29, 1.82) is 0 Å². The van der Waals surface area contributed by atoms with E-state index >= 15 is 0 Å². The van der Waals surface area contributed by atoms with Crippen LogP contribution in [0.3, 0.4) is 0 Å². The van der Waals surface area contributed by atoms with Crippen molar-refractivity contribution in [2.24, 2.45) is 0 Å². The number of nitrogens with one attached hydrogen (secondary N) is 1. The molecule has 1 amide bonds. The molecule has 0 radical (unpaired) electrons. The minimum absolute atomic E-state index is 0.132. The first-order valence-electron chi connectivity index (χ1n) is 8.09. The van der Waals surface area contributed by atoms with E-state index in [1.165, 1.54) is 0 Å². The van der Waals surface area contributed by atoms with E-state index in [1.54, 1.807) is 6.92 Å². The van der Waals surface area contributed by atoms with Gasteiger partial charge in [0.05, 0.1) is 6.42 Å². The fourth-order valence-electron chi connectivity index (χ4n) is 2.66. The molecule has 0 saturated carbocycles. The van der Waals surface area contributed by atoms with Crippen LogP contribution in [0.15, 0.2) is 40.9 Å². The number of hydrogen-bond acceptors (Lipinski definition) is 3. The highest BCUT2D eigenvalue weighted by Crippen LogP contribution is 2.22. The molecule has 0 aromatic heterocycles. The lowest BCUT2D eigenvalue weighted by Crippen LogP contribution is -2.31. The van der Waals surface area contributed by atoms with Gasteiger partial charge < -0.3 is 10.1 Å². The fraction of sp³-hybridized carbons (Fsp3) is 0.300. The molecule has 1 atom stereocenters. The van der Waals surface area contributed by atoms with Gasteiger partial charge in [-0.05, 0) is 56.5 Å². The summed E-state index contributed by atoms with van der Waals surface area (Å²) in [6.45, 7) is 7.48. The van der Waals surface area contributed by atoms with E-state index in [2.05, 4.69) is 21.2 Å². The standard InChI is InChI=1S/C20H22BrNO3/c1-12-9-13(2)19(14(3)10-12)22-20(24)15(4)25-18(23)11-16-5-7-17(21)8-6-16/h5-10,15H,11H2,1-4H3,(H,22,24). The molecule has 1 unspecified atom stereocenters. The summed E-state index contributed by atoms with van der Waals surface area (Å²) in [4.78, 5) is 24.4. The smallest absolute Gasteiger partial charge is 0.311 e. The zero-order valence-electron chi connectivity index (χ0n) is 14.9. The van der Waals surface area contributed by atoms with Gasteiger partial charge in [0.25, 0.3) is 5.91 Å². The topological polar surface area (TPSA) is 55.4 Å². The van der Waals surface area contributed by atoms with Crippen molar-refractivity contribution in [1.82, 2.24) is 0 Å². The quantitative estimate of drug-likeness (QED) is 0.748. The number of ether oxygens (including phenoxy) is 1. The molecule has 5 heteroatoms. The molecular formula is C20H22BrNO3. The summed E-state index contributed by atoms with van der Waals surface area (Å²) in [5.74, 6) is -0.762. The van der Waals surface area contributed by atoms with Crippen molar-refractivity contribution >= 4 is 33.5 Å². The van der Waals surface area contributed by atoms with Crippen LogP contribution in [0.5, 0.6) is 0 Å². The average Bonchev–Trinajstić information content (AvgIpc) is 2.52. The lowest BCUT2D eigenvalue weighted by Gasteiger charge is -2.17. The third-order valence-corrected chi connectivity index (χ3v) is 4.39. The number of aryl methyl sites for hydroxylation is 3. The first-order valence-corrected chi connectivity index (χ1v) is 8.88. The molecule has 0 heterocycles. The third-order valence-electron chi connectivity index (χ3n) is 3.86. The molecule has 0 aliphatic heterocycles. The molecule has 0 spiro atoms. The van der Waals surface area contributed by atoms with Crippen molar-refractivity contribution in [3.63, 3.8) is 0 Å². The Morgan fingerprint density at radius 3 is 2.20 bits per heavy atom. The number of rotatable bonds is 5. The number of carbonyl (C=O) groups is 2. The lowest BCUT2D eigenvalue weighted by atomic mass is 10.0. The summed E-state index contributed by atoms with van der Waals surface area (Å²) in [7, 11) is 0. The molecule has 25 heavy (non-hydrogen) atoms. The number of halogens is 1. The van der Waals surface area contributed by atoms with Crippen molar-refractivity contribution in [2.75, 3.05) is 5.32 Å². The second-order valence-electron chi connectivity index (χ2n) is 6.20. The first kappa shape index (κ1) is 19.2. The number of amides is 1. The van der Waals surface area contributed by atoms with Gasteiger partial charge in [-0.2, -0.15) is 0 Å². The Kier molecular flexibility index (Phi) is 6.37. The monoisotopic (exact) mass is 403 g/mol. The first-order chi connectivity index (χ1) is 11.8. The highest BCUT2D eigenvalue weighted by Gasteiger charge is 2.19. The maximum atomic E-state index is 12.3. The molecule has 2 rings (SSSR count). The zero-order chi connectivity index (χ0) is 18.6. The van der Waals surface area contributed by atoms with Crippen molar-refractivity contribution in [3.8, 4) is 0 Å². The zero-order valence-corrected chi connectivity index (χ0v) is 16.4. The van der Waals surface area contributed by atoms with Crippen LogP contribution in [0, 0.1) is 20.8 Å². The predicted molar refractivity (Wildman–Crippen MR) is 103 cm³/mol. The van der Waals surface area contributed by atoms with Crippen LogP contribution in [0.1, 0.15) is 29.2 Å². The average molecular weight is 404 g/mol. The second-order valence-corrected chi connectivity index (χ2v) is 7.11. The van der Waals surface area contributed by atoms with Gasteiger partial charge in [-0.15, -0.1) is 0 Å². The van der Waals surface area contributed by atoms with Gasteiger partial charge in [-0.25, -0.2) is 0 Å². The molecule has 0 fully saturated rings. The minimum Gasteiger partial charge on any atom is -0.452 e. The molecule has 0 bridgehead atoms. The molecule has 0 aliphatic carbocycles. The van der Waals surface area contributed by atoms with Gasteiger partial charge >= 0.3 is 5.97 Å². The van der Waals surface area contributed by atoms with Gasteiger partial charge in [0.15, 0.2) is 6.10 Å². The van der Waals surface area contributed by atoms with Gasteiger partial charge in [0, 0.05) is 10.2 Å². The predicted octanol–water partition coefficient (Wildman–Crippen LogP) is 4.49. The molecule has 2 aromatic rings. The Labute approximate surface area is 156 Å². The Bertz CT molecular complexity index is 761. The van der Waals surface area contributed by atoms with E-state index in [9.17, 15) is 9.59 Å². The molecule has 0 aliphatic rings. The Morgan fingerprint density at radius 2 is 1.64 bits per heavy atom. The molecule has 1 N–H and O–H groups in total. The van der Waals surface area contributed by atoms with Crippen LogP contribution in [0.25, 0.3) is 0 Å². The van der Waals surface area contributed by atoms with Gasteiger partial charge in [0.1, 0.15) is 0 Å². The maximum Gasteiger partial charge on any atom is 0.311 e. The molecule has 4 nitrogen and oxygen atoms in total. The molecule has 2 aromatic carbocycles. The molecule has 0 saturated heterocycles. The summed E-state index contributed by atoms with van der Waals surface area (Å²) in [5, 5.41) is 2.86. The van der Waals surface area contributed by atoms with Gasteiger partial charge in [0.2, 0.25) is 0 Å². The molecule has 132 valence electrons. The summed E-state index contributed by atoms with van der Waals surface area (Å²) < 4.78 is 6.20. The Hall–Kier alpha value is -2.14. The van der Waals surface area contributed by atoms with E-state index in [4.69, 9.17) is 4.74 Å². The maximum absolute atomic E-state index is 12.3. The summed E-state index contributed by atoms with van der Waals surface area (Å²) in [5.41, 5.74) is 4.72. The molecular weight excluding hydrogens is 382 g/mol. The SMILES string of the molecule is Cc1cc(C)c(NC(=O)C(C)OC(=O)Cc2ccc(Br)cc2)c(C)c1. The number of hydrogen-bond donors (Lipinski definition) is 1. The van der Waals surface area contributed by atoms with Crippen LogP contribution in [-0.2, 0) is 20.7 Å².